The summed E-state index contributed by atoms with van der Waals surface area (Å²) in [6.45, 7) is 3.05. The van der Waals surface area contributed by atoms with Crippen LogP contribution >= 0.6 is 0 Å². The second-order valence-corrected chi connectivity index (χ2v) is 5.24. The van der Waals surface area contributed by atoms with Gasteiger partial charge in [0.05, 0.1) is 0 Å². The Morgan fingerprint density at radius 1 is 1.17 bits per heavy atom. The van der Waals surface area contributed by atoms with Crippen LogP contribution in [0.1, 0.15) is 16.7 Å². The van der Waals surface area contributed by atoms with E-state index < -0.39 is 0 Å². The molecule has 0 unspecified atom stereocenters. The van der Waals surface area contributed by atoms with Gasteiger partial charge in [-0.05, 0) is 29.3 Å². The van der Waals surface area contributed by atoms with Gasteiger partial charge in [-0.2, -0.15) is 0 Å². The third-order valence-corrected chi connectivity index (χ3v) is 3.61. The van der Waals surface area contributed by atoms with Gasteiger partial charge < -0.3 is 19.5 Å². The fourth-order valence-electron chi connectivity index (χ4n) is 2.38. The number of aryl methyl sites for hydroxylation is 1. The lowest BCUT2D eigenvalue weighted by atomic mass is 10.0. The number of benzene rings is 2. The maximum Gasteiger partial charge on any atom is 0.280 e. The first-order chi connectivity index (χ1) is 11.8. The minimum absolute atomic E-state index is 0.159. The van der Waals surface area contributed by atoms with Gasteiger partial charge in [0.2, 0.25) is 0 Å². The summed E-state index contributed by atoms with van der Waals surface area (Å²) in [6.07, 6.45) is 0. The Morgan fingerprint density at radius 3 is 2.71 bits per heavy atom. The molecule has 0 aromatic heterocycles. The summed E-state index contributed by atoms with van der Waals surface area (Å²) in [5, 5.41) is 16.6. The zero-order valence-electron chi connectivity index (χ0n) is 13.3. The van der Waals surface area contributed by atoms with E-state index >= 15 is 0 Å². The molecule has 0 aliphatic carbocycles. The van der Waals surface area contributed by atoms with Crippen LogP contribution in [0.25, 0.3) is 0 Å². The maximum absolute atomic E-state index is 9.42. The Balaban J connectivity index is 1.85. The van der Waals surface area contributed by atoms with Crippen molar-refractivity contribution in [3.63, 3.8) is 0 Å². The number of hydrogen-bond acceptors (Lipinski definition) is 6. The molecule has 24 heavy (non-hydrogen) atoms. The summed E-state index contributed by atoms with van der Waals surface area (Å²) in [5.74, 6) is 0.969. The fourth-order valence-corrected chi connectivity index (χ4v) is 2.38. The van der Waals surface area contributed by atoms with Gasteiger partial charge in [0, 0.05) is 5.56 Å². The number of ether oxygens (including phenoxy) is 2. The van der Waals surface area contributed by atoms with E-state index in [9.17, 15) is 5.21 Å². The number of rotatable bonds is 5. The van der Waals surface area contributed by atoms with Gasteiger partial charge in [-0.3, -0.25) is 0 Å². The summed E-state index contributed by atoms with van der Waals surface area (Å²) < 4.78 is 11.3. The smallest absolute Gasteiger partial charge is 0.280 e. The Labute approximate surface area is 140 Å². The van der Waals surface area contributed by atoms with Gasteiger partial charge in [-0.1, -0.05) is 47.6 Å². The molecule has 1 aliphatic rings. The van der Waals surface area contributed by atoms with Crippen molar-refractivity contribution < 1.29 is 19.5 Å². The molecule has 0 atom stereocenters. The Bertz CT molecular complexity index is 771. The van der Waals surface area contributed by atoms with Crippen LogP contribution in [0, 0.1) is 6.92 Å². The Hall–Kier alpha value is -3.02. The largest absolute Gasteiger partial charge is 0.489 e. The maximum atomic E-state index is 9.42. The second kappa shape index (κ2) is 7.50. The second-order valence-electron chi connectivity index (χ2n) is 5.24. The molecule has 124 valence electrons. The number of para-hydroxylation sites is 1. The van der Waals surface area contributed by atoms with Crippen molar-refractivity contribution in [2.75, 3.05) is 13.2 Å². The van der Waals surface area contributed by atoms with Crippen molar-refractivity contribution in [3.8, 4) is 5.75 Å². The molecule has 1 aliphatic heterocycles. The molecular formula is C18H18N2O4. The van der Waals surface area contributed by atoms with Crippen LogP contribution in [0.5, 0.6) is 5.75 Å². The lowest BCUT2D eigenvalue weighted by molar-refractivity contribution is 0.0674. The monoisotopic (exact) mass is 326 g/mol. The molecule has 0 spiro atoms. The summed E-state index contributed by atoms with van der Waals surface area (Å²) in [4.78, 5) is 5.01. The molecule has 0 saturated heterocycles. The van der Waals surface area contributed by atoms with E-state index in [1.54, 1.807) is 0 Å². The van der Waals surface area contributed by atoms with Gasteiger partial charge in [0.1, 0.15) is 19.0 Å². The predicted octanol–water partition coefficient (Wildman–Crippen LogP) is 3.11. The lowest BCUT2D eigenvalue weighted by Gasteiger charge is -2.16. The van der Waals surface area contributed by atoms with Gasteiger partial charge in [-0.15, -0.1) is 0 Å². The topological polar surface area (TPSA) is 72.6 Å². The molecule has 0 radical (unpaired) electrons. The van der Waals surface area contributed by atoms with Crippen LogP contribution in [0.4, 0.5) is 0 Å². The molecule has 1 N–H and O–H groups in total. The Morgan fingerprint density at radius 2 is 1.96 bits per heavy atom. The first kappa shape index (κ1) is 15.9. The van der Waals surface area contributed by atoms with Crippen molar-refractivity contribution in [3.05, 3.63) is 65.2 Å². The number of oxime groups is 2. The van der Waals surface area contributed by atoms with E-state index in [2.05, 4.69) is 10.3 Å². The van der Waals surface area contributed by atoms with Crippen molar-refractivity contribution in [2.24, 2.45) is 10.3 Å². The van der Waals surface area contributed by atoms with E-state index in [0.29, 0.717) is 25.4 Å². The van der Waals surface area contributed by atoms with Crippen molar-refractivity contribution >= 4 is 11.6 Å². The summed E-state index contributed by atoms with van der Waals surface area (Å²) >= 11 is 0. The van der Waals surface area contributed by atoms with Crippen LogP contribution < -0.4 is 4.74 Å². The van der Waals surface area contributed by atoms with E-state index in [1.807, 2.05) is 55.5 Å². The van der Waals surface area contributed by atoms with E-state index in [-0.39, 0.29) is 11.6 Å². The first-order valence-corrected chi connectivity index (χ1v) is 7.61. The highest BCUT2D eigenvalue weighted by molar-refractivity contribution is 6.45. The normalized spacial score (nSPS) is 14.4. The van der Waals surface area contributed by atoms with E-state index in [0.717, 1.165) is 16.9 Å². The molecule has 0 saturated carbocycles. The highest BCUT2D eigenvalue weighted by atomic mass is 16.7. The molecule has 6 nitrogen and oxygen atoms in total. The standard InChI is InChI=1S/C18H18N2O4/c1-13-6-2-5-9-16(13)23-12-14-7-3-4-8-15(14)17(19-21)18-20-24-11-10-22-18/h2-9,21H,10-12H2,1H3/b19-17+. The van der Waals surface area contributed by atoms with Crippen molar-refractivity contribution in [1.29, 1.82) is 0 Å². The quantitative estimate of drug-likeness (QED) is 0.520. The zero-order chi connectivity index (χ0) is 16.8. The Kier molecular flexibility index (Phi) is 4.96. The minimum Gasteiger partial charge on any atom is -0.489 e. The van der Waals surface area contributed by atoms with Gasteiger partial charge in [-0.25, -0.2) is 0 Å². The van der Waals surface area contributed by atoms with Gasteiger partial charge >= 0.3 is 0 Å². The summed E-state index contributed by atoms with van der Waals surface area (Å²) in [6, 6.07) is 15.3. The van der Waals surface area contributed by atoms with E-state index in [1.165, 1.54) is 0 Å². The molecule has 2 aromatic rings. The van der Waals surface area contributed by atoms with Crippen molar-refractivity contribution in [2.45, 2.75) is 13.5 Å². The summed E-state index contributed by atoms with van der Waals surface area (Å²) in [7, 11) is 0. The lowest BCUT2D eigenvalue weighted by Crippen LogP contribution is -2.26. The van der Waals surface area contributed by atoms with Crippen molar-refractivity contribution in [1.82, 2.24) is 0 Å². The average molecular weight is 326 g/mol. The number of nitrogens with zero attached hydrogens (tertiary/aromatic N) is 2. The van der Waals surface area contributed by atoms with Crippen LogP contribution in [0.2, 0.25) is 0 Å². The minimum atomic E-state index is 0.159. The molecule has 0 fully saturated rings. The van der Waals surface area contributed by atoms with Crippen LogP contribution in [0.3, 0.4) is 0 Å². The molecule has 0 bridgehead atoms. The molecule has 6 heteroatoms. The fraction of sp³-hybridized carbons (Fsp3) is 0.222. The highest BCUT2D eigenvalue weighted by Crippen LogP contribution is 2.20. The SMILES string of the molecule is Cc1ccccc1OCc1ccccc1/C(=N\O)C1=NOCCO1. The van der Waals surface area contributed by atoms with Crippen LogP contribution in [0.15, 0.2) is 58.8 Å². The zero-order valence-corrected chi connectivity index (χ0v) is 13.3. The molecule has 0 amide bonds. The highest BCUT2D eigenvalue weighted by Gasteiger charge is 2.21. The first-order valence-electron chi connectivity index (χ1n) is 7.61. The van der Waals surface area contributed by atoms with Gasteiger partial charge in [0.15, 0.2) is 12.3 Å². The van der Waals surface area contributed by atoms with Gasteiger partial charge in [0.25, 0.3) is 5.90 Å². The van der Waals surface area contributed by atoms with Crippen LogP contribution in [-0.4, -0.2) is 30.0 Å². The average Bonchev–Trinajstić information content (AvgIpc) is 2.64. The summed E-state index contributed by atoms with van der Waals surface area (Å²) in [5.41, 5.74) is 2.81. The molecule has 2 aromatic carbocycles. The molecule has 1 heterocycles. The van der Waals surface area contributed by atoms with E-state index in [4.69, 9.17) is 14.3 Å². The number of hydrogen-bond donors (Lipinski definition) is 1. The molecular weight excluding hydrogens is 308 g/mol. The molecule has 3 rings (SSSR count). The third kappa shape index (κ3) is 3.48. The predicted molar refractivity (Wildman–Crippen MR) is 89.6 cm³/mol. The van der Waals surface area contributed by atoms with Crippen LogP contribution in [-0.2, 0) is 16.2 Å². The third-order valence-electron chi connectivity index (χ3n) is 3.61.